The number of hydrogen-bond donors (Lipinski definition) is 0. The van der Waals surface area contributed by atoms with E-state index in [0.29, 0.717) is 11.7 Å². The summed E-state index contributed by atoms with van der Waals surface area (Å²) < 4.78 is 4.98. The van der Waals surface area contributed by atoms with Gasteiger partial charge in [0.25, 0.3) is 0 Å². The van der Waals surface area contributed by atoms with Gasteiger partial charge in [0.15, 0.2) is 5.57 Å². The van der Waals surface area contributed by atoms with Crippen molar-refractivity contribution in [3.05, 3.63) is 11.3 Å². The monoisotopic (exact) mass is 162 g/mol. The molecule has 0 radical (unpaired) electrons. The minimum atomic E-state index is 0.115. The highest BCUT2D eigenvalue weighted by atomic mass is 16.5. The van der Waals surface area contributed by atoms with Gasteiger partial charge in [-0.1, -0.05) is 0 Å². The molecule has 3 heteroatoms. The van der Waals surface area contributed by atoms with Crippen LogP contribution in [0.2, 0.25) is 0 Å². The molecule has 0 aromatic heterocycles. The van der Waals surface area contributed by atoms with Crippen molar-refractivity contribution < 1.29 is 4.74 Å². The molecule has 0 N–H and O–H groups in total. The van der Waals surface area contributed by atoms with Crippen LogP contribution in [-0.4, -0.2) is 7.11 Å². The van der Waals surface area contributed by atoms with Crippen molar-refractivity contribution in [1.82, 2.24) is 0 Å². The summed E-state index contributed by atoms with van der Waals surface area (Å²) in [5, 5.41) is 17.1. The Bertz CT molecular complexity index is 260. The standard InChI is InChI=1S/C9H10N2O/c1-12-9(4-7-2-3-7)8(5-10)6-11/h7H,2-4H2,1H3. The Morgan fingerprint density at radius 1 is 1.42 bits per heavy atom. The molecule has 1 aliphatic rings. The van der Waals surface area contributed by atoms with Crippen molar-refractivity contribution in [3.63, 3.8) is 0 Å². The van der Waals surface area contributed by atoms with Gasteiger partial charge in [0.05, 0.1) is 7.11 Å². The second-order valence-electron chi connectivity index (χ2n) is 2.87. The van der Waals surface area contributed by atoms with Gasteiger partial charge in [0.1, 0.15) is 17.9 Å². The minimum absolute atomic E-state index is 0.115. The molecule has 0 amide bonds. The van der Waals surface area contributed by atoms with Crippen LogP contribution in [0.1, 0.15) is 19.3 Å². The fraction of sp³-hybridized carbons (Fsp3) is 0.556. The van der Waals surface area contributed by atoms with Crippen LogP contribution in [0, 0.1) is 28.6 Å². The molecule has 1 fully saturated rings. The summed E-state index contributed by atoms with van der Waals surface area (Å²) in [6.07, 6.45) is 3.13. The predicted molar refractivity (Wildman–Crippen MR) is 42.6 cm³/mol. The number of hydrogen-bond acceptors (Lipinski definition) is 3. The molecule has 0 bridgehead atoms. The summed E-state index contributed by atoms with van der Waals surface area (Å²) in [5.41, 5.74) is 0.115. The Morgan fingerprint density at radius 3 is 2.33 bits per heavy atom. The number of methoxy groups -OCH3 is 1. The Labute approximate surface area is 71.9 Å². The molecule has 0 aromatic rings. The fourth-order valence-electron chi connectivity index (χ4n) is 1.02. The lowest BCUT2D eigenvalue weighted by Crippen LogP contribution is -1.93. The quantitative estimate of drug-likeness (QED) is 0.469. The van der Waals surface area contributed by atoms with E-state index >= 15 is 0 Å². The van der Waals surface area contributed by atoms with Crippen LogP contribution >= 0.6 is 0 Å². The molecule has 1 aliphatic carbocycles. The lowest BCUT2D eigenvalue weighted by atomic mass is 10.1. The average molecular weight is 162 g/mol. The second kappa shape index (κ2) is 3.78. The van der Waals surface area contributed by atoms with E-state index < -0.39 is 0 Å². The van der Waals surface area contributed by atoms with Gasteiger partial charge in [0, 0.05) is 6.42 Å². The third kappa shape index (κ3) is 2.00. The first-order valence-corrected chi connectivity index (χ1v) is 3.89. The zero-order valence-electron chi connectivity index (χ0n) is 7.00. The molecular weight excluding hydrogens is 152 g/mol. The van der Waals surface area contributed by atoms with E-state index in [0.717, 1.165) is 6.42 Å². The Hall–Kier alpha value is -1.48. The minimum Gasteiger partial charge on any atom is -0.499 e. The topological polar surface area (TPSA) is 56.8 Å². The van der Waals surface area contributed by atoms with E-state index in [1.54, 1.807) is 0 Å². The zero-order chi connectivity index (χ0) is 8.97. The molecule has 0 saturated heterocycles. The first kappa shape index (κ1) is 8.62. The largest absolute Gasteiger partial charge is 0.499 e. The number of rotatable bonds is 3. The van der Waals surface area contributed by atoms with Crippen LogP contribution in [0.3, 0.4) is 0 Å². The van der Waals surface area contributed by atoms with Gasteiger partial charge in [-0.2, -0.15) is 10.5 Å². The molecule has 12 heavy (non-hydrogen) atoms. The molecule has 0 atom stereocenters. The molecule has 0 spiro atoms. The molecule has 1 saturated carbocycles. The van der Waals surface area contributed by atoms with Crippen LogP contribution in [0.5, 0.6) is 0 Å². The summed E-state index contributed by atoms with van der Waals surface area (Å²) >= 11 is 0. The molecular formula is C9H10N2O. The van der Waals surface area contributed by atoms with Crippen LogP contribution in [0.25, 0.3) is 0 Å². The Kier molecular flexibility index (Phi) is 2.71. The lowest BCUT2D eigenvalue weighted by Gasteiger charge is -2.03. The maximum Gasteiger partial charge on any atom is 0.167 e. The van der Waals surface area contributed by atoms with E-state index in [1.165, 1.54) is 20.0 Å². The lowest BCUT2D eigenvalue weighted by molar-refractivity contribution is 0.270. The molecule has 62 valence electrons. The molecule has 1 rings (SSSR count). The van der Waals surface area contributed by atoms with Crippen molar-refractivity contribution >= 4 is 0 Å². The van der Waals surface area contributed by atoms with Crippen LogP contribution in [-0.2, 0) is 4.74 Å². The zero-order valence-corrected chi connectivity index (χ0v) is 7.00. The first-order chi connectivity index (χ1) is 5.81. The van der Waals surface area contributed by atoms with Crippen molar-refractivity contribution in [2.45, 2.75) is 19.3 Å². The molecule has 0 aliphatic heterocycles. The van der Waals surface area contributed by atoms with Gasteiger partial charge in [-0.3, -0.25) is 0 Å². The average Bonchev–Trinajstić information content (AvgIpc) is 2.88. The Morgan fingerprint density at radius 2 is 2.00 bits per heavy atom. The second-order valence-corrected chi connectivity index (χ2v) is 2.87. The summed E-state index contributed by atoms with van der Waals surface area (Å²) in [4.78, 5) is 0. The van der Waals surface area contributed by atoms with Crippen molar-refractivity contribution in [3.8, 4) is 12.1 Å². The highest BCUT2D eigenvalue weighted by molar-refractivity contribution is 5.38. The van der Waals surface area contributed by atoms with E-state index in [4.69, 9.17) is 15.3 Å². The number of ether oxygens (including phenoxy) is 1. The van der Waals surface area contributed by atoms with Gasteiger partial charge >= 0.3 is 0 Å². The summed E-state index contributed by atoms with van der Waals surface area (Å²) in [6.45, 7) is 0. The van der Waals surface area contributed by atoms with Gasteiger partial charge in [-0.05, 0) is 18.8 Å². The highest BCUT2D eigenvalue weighted by Gasteiger charge is 2.24. The van der Waals surface area contributed by atoms with Gasteiger partial charge in [-0.15, -0.1) is 0 Å². The van der Waals surface area contributed by atoms with E-state index in [1.807, 2.05) is 12.1 Å². The smallest absolute Gasteiger partial charge is 0.167 e. The summed E-state index contributed by atoms with van der Waals surface area (Å²) in [5.74, 6) is 1.18. The van der Waals surface area contributed by atoms with Gasteiger partial charge in [0.2, 0.25) is 0 Å². The van der Waals surface area contributed by atoms with Crippen molar-refractivity contribution in [1.29, 1.82) is 10.5 Å². The number of nitriles is 2. The maximum atomic E-state index is 8.55. The molecule has 0 aromatic carbocycles. The van der Waals surface area contributed by atoms with Crippen LogP contribution < -0.4 is 0 Å². The molecule has 3 nitrogen and oxygen atoms in total. The highest BCUT2D eigenvalue weighted by Crippen LogP contribution is 2.35. The molecule has 0 unspecified atom stereocenters. The number of allylic oxidation sites excluding steroid dienone is 2. The van der Waals surface area contributed by atoms with Gasteiger partial charge in [-0.25, -0.2) is 0 Å². The van der Waals surface area contributed by atoms with E-state index in [9.17, 15) is 0 Å². The van der Waals surface area contributed by atoms with Gasteiger partial charge < -0.3 is 4.74 Å². The maximum absolute atomic E-state index is 8.55. The van der Waals surface area contributed by atoms with Crippen molar-refractivity contribution in [2.24, 2.45) is 5.92 Å². The Balaban J connectivity index is 2.70. The van der Waals surface area contributed by atoms with Crippen LogP contribution in [0.15, 0.2) is 11.3 Å². The predicted octanol–water partition coefficient (Wildman–Crippen LogP) is 1.73. The van der Waals surface area contributed by atoms with Crippen LogP contribution in [0.4, 0.5) is 0 Å². The SMILES string of the molecule is COC(CC1CC1)=C(C#N)C#N. The summed E-state index contributed by atoms with van der Waals surface area (Å²) in [7, 11) is 1.51. The third-order valence-electron chi connectivity index (χ3n) is 1.92. The number of nitrogens with zero attached hydrogens (tertiary/aromatic N) is 2. The molecule has 0 heterocycles. The van der Waals surface area contributed by atoms with E-state index in [-0.39, 0.29) is 5.57 Å². The van der Waals surface area contributed by atoms with E-state index in [2.05, 4.69) is 0 Å². The normalized spacial score (nSPS) is 14.2. The van der Waals surface area contributed by atoms with Crippen molar-refractivity contribution in [2.75, 3.05) is 7.11 Å². The fourth-order valence-corrected chi connectivity index (χ4v) is 1.02. The third-order valence-corrected chi connectivity index (χ3v) is 1.92. The summed E-state index contributed by atoms with van der Waals surface area (Å²) in [6, 6.07) is 3.66. The first-order valence-electron chi connectivity index (χ1n) is 3.89.